The first-order valence-corrected chi connectivity index (χ1v) is 14.6. The number of para-hydroxylation sites is 1. The molecule has 8 heteroatoms. The summed E-state index contributed by atoms with van der Waals surface area (Å²) in [5, 5.41) is 2.98. The van der Waals surface area contributed by atoms with Crippen LogP contribution in [0.5, 0.6) is 0 Å². The van der Waals surface area contributed by atoms with E-state index in [0.717, 1.165) is 27.3 Å². The van der Waals surface area contributed by atoms with Crippen LogP contribution in [0.15, 0.2) is 84.9 Å². The second kappa shape index (κ2) is 13.2. The number of anilines is 1. The standard InChI is InChI=1S/C30H37N3O4S/c1-23(2)20-31-30(35)28(19-25-11-7-5-8-12-25)32(21-26-17-15-24(3)16-18-26)29(34)22-33(38(4,36)37)27-13-9-6-10-14-27/h5-18,23,28H,19-22H2,1-4H3,(H,31,35)/t28-/m1/s1. The summed E-state index contributed by atoms with van der Waals surface area (Å²) in [7, 11) is -3.77. The van der Waals surface area contributed by atoms with Gasteiger partial charge >= 0.3 is 0 Å². The van der Waals surface area contributed by atoms with Crippen molar-refractivity contribution in [2.75, 3.05) is 23.7 Å². The number of carbonyl (C=O) groups excluding carboxylic acids is 2. The molecule has 202 valence electrons. The van der Waals surface area contributed by atoms with Crippen LogP contribution in [0.1, 0.15) is 30.5 Å². The van der Waals surface area contributed by atoms with E-state index < -0.39 is 28.5 Å². The Morgan fingerprint density at radius 2 is 1.42 bits per heavy atom. The van der Waals surface area contributed by atoms with Gasteiger partial charge in [-0.15, -0.1) is 0 Å². The van der Waals surface area contributed by atoms with E-state index in [2.05, 4.69) is 5.32 Å². The van der Waals surface area contributed by atoms with Gasteiger partial charge in [0, 0.05) is 19.5 Å². The molecule has 0 fully saturated rings. The molecule has 0 saturated heterocycles. The Bertz CT molecular complexity index is 1290. The summed E-state index contributed by atoms with van der Waals surface area (Å²) in [5.41, 5.74) is 3.23. The molecule has 3 aromatic carbocycles. The van der Waals surface area contributed by atoms with Crippen molar-refractivity contribution in [3.63, 3.8) is 0 Å². The topological polar surface area (TPSA) is 86.8 Å². The number of hydrogen-bond acceptors (Lipinski definition) is 4. The zero-order valence-corrected chi connectivity index (χ0v) is 23.3. The van der Waals surface area contributed by atoms with E-state index in [-0.39, 0.29) is 18.4 Å². The number of aryl methyl sites for hydroxylation is 1. The molecule has 3 rings (SSSR count). The highest BCUT2D eigenvalue weighted by molar-refractivity contribution is 7.92. The van der Waals surface area contributed by atoms with Crippen LogP contribution < -0.4 is 9.62 Å². The molecule has 0 aliphatic carbocycles. The molecule has 0 aromatic heterocycles. The molecule has 2 amide bonds. The number of hydrogen-bond donors (Lipinski definition) is 1. The maximum Gasteiger partial charge on any atom is 0.244 e. The lowest BCUT2D eigenvalue weighted by Gasteiger charge is -2.33. The quantitative estimate of drug-likeness (QED) is 0.377. The summed E-state index contributed by atoms with van der Waals surface area (Å²) in [6, 6.07) is 25.0. The first-order chi connectivity index (χ1) is 18.0. The molecule has 0 spiro atoms. The van der Waals surface area contributed by atoms with Gasteiger partial charge < -0.3 is 10.2 Å². The van der Waals surface area contributed by atoms with Gasteiger partial charge in [-0.3, -0.25) is 13.9 Å². The number of amides is 2. The van der Waals surface area contributed by atoms with Crippen molar-refractivity contribution in [3.8, 4) is 0 Å². The lowest BCUT2D eigenvalue weighted by atomic mass is 10.0. The Kier molecular flexibility index (Phi) is 10.1. The minimum Gasteiger partial charge on any atom is -0.354 e. The van der Waals surface area contributed by atoms with Crippen molar-refractivity contribution in [1.29, 1.82) is 0 Å². The lowest BCUT2D eigenvalue weighted by molar-refractivity contribution is -0.140. The minimum atomic E-state index is -3.77. The fraction of sp³-hybridized carbons (Fsp3) is 0.333. The molecule has 7 nitrogen and oxygen atoms in total. The van der Waals surface area contributed by atoms with E-state index in [1.165, 1.54) is 4.90 Å². The van der Waals surface area contributed by atoms with Crippen LogP contribution in [-0.4, -0.2) is 50.5 Å². The third-order valence-electron chi connectivity index (χ3n) is 6.15. The molecule has 0 bridgehead atoms. The Hall–Kier alpha value is -3.65. The predicted molar refractivity (Wildman–Crippen MR) is 152 cm³/mol. The molecule has 0 heterocycles. The predicted octanol–water partition coefficient (Wildman–Crippen LogP) is 4.17. The summed E-state index contributed by atoms with van der Waals surface area (Å²) >= 11 is 0. The summed E-state index contributed by atoms with van der Waals surface area (Å²) in [4.78, 5) is 29.0. The molecule has 0 radical (unpaired) electrons. The van der Waals surface area contributed by atoms with Gasteiger partial charge in [0.15, 0.2) is 0 Å². The highest BCUT2D eigenvalue weighted by Gasteiger charge is 2.33. The average Bonchev–Trinajstić information content (AvgIpc) is 2.89. The highest BCUT2D eigenvalue weighted by Crippen LogP contribution is 2.20. The van der Waals surface area contributed by atoms with E-state index in [4.69, 9.17) is 0 Å². The molecule has 1 N–H and O–H groups in total. The van der Waals surface area contributed by atoms with Crippen LogP contribution in [0.4, 0.5) is 5.69 Å². The molecular weight excluding hydrogens is 498 g/mol. The van der Waals surface area contributed by atoms with Crippen molar-refractivity contribution >= 4 is 27.5 Å². The second-order valence-corrected chi connectivity index (χ2v) is 11.9. The zero-order valence-electron chi connectivity index (χ0n) is 22.5. The van der Waals surface area contributed by atoms with Gasteiger partial charge in [-0.2, -0.15) is 0 Å². The van der Waals surface area contributed by atoms with Crippen LogP contribution in [0, 0.1) is 12.8 Å². The maximum absolute atomic E-state index is 14.0. The van der Waals surface area contributed by atoms with E-state index >= 15 is 0 Å². The van der Waals surface area contributed by atoms with Gasteiger partial charge in [-0.1, -0.05) is 92.2 Å². The average molecular weight is 536 g/mol. The number of benzene rings is 3. The van der Waals surface area contributed by atoms with Crippen molar-refractivity contribution in [2.24, 2.45) is 5.92 Å². The third-order valence-corrected chi connectivity index (χ3v) is 7.29. The van der Waals surface area contributed by atoms with Crippen molar-refractivity contribution in [2.45, 2.75) is 39.8 Å². The molecular formula is C30H37N3O4S. The summed E-state index contributed by atoms with van der Waals surface area (Å²) in [5.74, 6) is -0.495. The fourth-order valence-corrected chi connectivity index (χ4v) is 4.92. The number of carbonyl (C=O) groups is 2. The zero-order chi connectivity index (χ0) is 27.7. The third kappa shape index (κ3) is 8.45. The maximum atomic E-state index is 14.0. The molecule has 0 aliphatic rings. The van der Waals surface area contributed by atoms with Crippen molar-refractivity contribution in [3.05, 3.63) is 102 Å². The molecule has 0 aliphatic heterocycles. The first-order valence-electron chi connectivity index (χ1n) is 12.7. The van der Waals surface area contributed by atoms with E-state index in [1.54, 1.807) is 30.3 Å². The summed E-state index contributed by atoms with van der Waals surface area (Å²) in [6.07, 6.45) is 1.38. The van der Waals surface area contributed by atoms with Crippen LogP contribution in [-0.2, 0) is 32.6 Å². The largest absolute Gasteiger partial charge is 0.354 e. The van der Waals surface area contributed by atoms with E-state index in [1.807, 2.05) is 75.4 Å². The molecule has 1 atom stereocenters. The Balaban J connectivity index is 2.02. The summed E-state index contributed by atoms with van der Waals surface area (Å²) < 4.78 is 26.6. The van der Waals surface area contributed by atoms with E-state index in [9.17, 15) is 18.0 Å². The van der Waals surface area contributed by atoms with Crippen molar-refractivity contribution < 1.29 is 18.0 Å². The van der Waals surface area contributed by atoms with Crippen molar-refractivity contribution in [1.82, 2.24) is 10.2 Å². The molecule has 0 saturated carbocycles. The van der Waals surface area contributed by atoms with Crippen LogP contribution in [0.3, 0.4) is 0 Å². The lowest BCUT2D eigenvalue weighted by Crippen LogP contribution is -2.53. The van der Waals surface area contributed by atoms with Crippen LogP contribution in [0.2, 0.25) is 0 Å². The van der Waals surface area contributed by atoms with Gasteiger partial charge in [0.05, 0.1) is 11.9 Å². The van der Waals surface area contributed by atoms with Gasteiger partial charge in [0.25, 0.3) is 0 Å². The van der Waals surface area contributed by atoms with Gasteiger partial charge in [0.1, 0.15) is 12.6 Å². The van der Waals surface area contributed by atoms with Gasteiger partial charge in [0.2, 0.25) is 21.8 Å². The number of rotatable bonds is 12. The molecule has 3 aromatic rings. The SMILES string of the molecule is Cc1ccc(CN(C(=O)CN(c2ccccc2)S(C)(=O)=O)[C@H](Cc2ccccc2)C(=O)NCC(C)C)cc1. The fourth-order valence-electron chi connectivity index (χ4n) is 4.07. The summed E-state index contributed by atoms with van der Waals surface area (Å²) in [6.45, 7) is 6.21. The molecule has 38 heavy (non-hydrogen) atoms. The first kappa shape index (κ1) is 28.9. The smallest absolute Gasteiger partial charge is 0.244 e. The molecule has 0 unspecified atom stereocenters. The Labute approximate surface area is 226 Å². The van der Waals surface area contributed by atoms with Gasteiger partial charge in [-0.25, -0.2) is 8.42 Å². The number of nitrogens with zero attached hydrogens (tertiary/aromatic N) is 2. The van der Waals surface area contributed by atoms with Crippen LogP contribution >= 0.6 is 0 Å². The second-order valence-electron chi connectivity index (χ2n) is 9.96. The van der Waals surface area contributed by atoms with E-state index in [0.29, 0.717) is 18.7 Å². The van der Waals surface area contributed by atoms with Crippen LogP contribution in [0.25, 0.3) is 0 Å². The highest BCUT2D eigenvalue weighted by atomic mass is 32.2. The number of nitrogens with one attached hydrogen (secondary N) is 1. The van der Waals surface area contributed by atoms with Gasteiger partial charge in [-0.05, 0) is 36.1 Å². The minimum absolute atomic E-state index is 0.165. The normalized spacial score (nSPS) is 12.1. The monoisotopic (exact) mass is 535 g/mol. The Morgan fingerprint density at radius 1 is 0.842 bits per heavy atom. The Morgan fingerprint density at radius 3 is 1.97 bits per heavy atom. The number of sulfonamides is 1.